The summed E-state index contributed by atoms with van der Waals surface area (Å²) >= 11 is 0. The quantitative estimate of drug-likeness (QED) is 0.697. The number of aliphatic carboxylic acids is 1. The first-order chi connectivity index (χ1) is 6.52. The molecule has 14 heavy (non-hydrogen) atoms. The fourth-order valence-electron chi connectivity index (χ4n) is 1.93. The molecule has 1 heterocycles. The molecule has 1 saturated heterocycles. The minimum Gasteiger partial charge on any atom is -0.481 e. The van der Waals surface area contributed by atoms with Crippen LogP contribution in [-0.2, 0) is 4.79 Å². The lowest BCUT2D eigenvalue weighted by atomic mass is 9.98. The molecule has 1 aliphatic rings. The molecule has 0 aromatic heterocycles. The maximum atomic E-state index is 10.8. The molecule has 0 amide bonds. The first kappa shape index (κ1) is 11.5. The van der Waals surface area contributed by atoms with Gasteiger partial charge in [0.15, 0.2) is 0 Å². The molecule has 3 N–H and O–H groups in total. The molecule has 1 aliphatic heterocycles. The van der Waals surface area contributed by atoms with Crippen molar-refractivity contribution in [2.45, 2.75) is 38.8 Å². The second kappa shape index (κ2) is 4.75. The van der Waals surface area contributed by atoms with Gasteiger partial charge in [-0.25, -0.2) is 0 Å². The van der Waals surface area contributed by atoms with E-state index in [1.807, 2.05) is 6.92 Å². The lowest BCUT2D eigenvalue weighted by Crippen LogP contribution is -2.49. The Morgan fingerprint density at radius 1 is 1.57 bits per heavy atom. The second-order valence-corrected chi connectivity index (χ2v) is 4.26. The van der Waals surface area contributed by atoms with E-state index in [9.17, 15) is 4.79 Å². The number of likely N-dealkylation sites (tertiary alicyclic amines) is 1. The van der Waals surface area contributed by atoms with E-state index in [0.717, 1.165) is 25.9 Å². The Hall–Kier alpha value is -0.610. The van der Waals surface area contributed by atoms with Crippen LogP contribution in [0.25, 0.3) is 0 Å². The molecule has 1 fully saturated rings. The van der Waals surface area contributed by atoms with Crippen molar-refractivity contribution in [1.82, 2.24) is 4.90 Å². The van der Waals surface area contributed by atoms with Gasteiger partial charge >= 0.3 is 5.97 Å². The van der Waals surface area contributed by atoms with Gasteiger partial charge in [-0.05, 0) is 26.3 Å². The summed E-state index contributed by atoms with van der Waals surface area (Å²) in [5, 5.41) is 8.89. The van der Waals surface area contributed by atoms with Crippen LogP contribution in [0.4, 0.5) is 0 Å². The van der Waals surface area contributed by atoms with E-state index >= 15 is 0 Å². The van der Waals surface area contributed by atoms with E-state index in [4.69, 9.17) is 10.8 Å². The van der Waals surface area contributed by atoms with Crippen LogP contribution in [-0.4, -0.2) is 41.1 Å². The number of carboxylic acid groups (broad SMARTS) is 1. The van der Waals surface area contributed by atoms with Crippen molar-refractivity contribution in [2.24, 2.45) is 11.7 Å². The van der Waals surface area contributed by atoms with Gasteiger partial charge in [0.1, 0.15) is 0 Å². The average molecular weight is 200 g/mol. The summed E-state index contributed by atoms with van der Waals surface area (Å²) in [6, 6.07) is 0.297. The summed E-state index contributed by atoms with van der Waals surface area (Å²) in [6.07, 6.45) is 2.14. The van der Waals surface area contributed by atoms with Crippen molar-refractivity contribution < 1.29 is 9.90 Å². The van der Waals surface area contributed by atoms with Crippen molar-refractivity contribution in [1.29, 1.82) is 0 Å². The summed E-state index contributed by atoms with van der Waals surface area (Å²) in [5.74, 6) is -1.04. The molecule has 4 heteroatoms. The molecule has 0 aromatic carbocycles. The minimum absolute atomic E-state index is 0.0823. The number of carboxylic acids is 1. The van der Waals surface area contributed by atoms with Gasteiger partial charge in [-0.15, -0.1) is 0 Å². The van der Waals surface area contributed by atoms with Crippen LogP contribution in [0.5, 0.6) is 0 Å². The number of nitrogens with zero attached hydrogens (tertiary/aromatic N) is 1. The standard InChI is InChI=1S/C10H20N2O2/c1-7(10(13)14)8(2)12-5-3-4-9(11)6-12/h7-9H,3-6,11H2,1-2H3,(H,13,14). The van der Waals surface area contributed by atoms with E-state index in [-0.39, 0.29) is 18.0 Å². The maximum absolute atomic E-state index is 10.8. The van der Waals surface area contributed by atoms with Gasteiger partial charge in [-0.2, -0.15) is 0 Å². The normalized spacial score (nSPS) is 28.4. The number of rotatable bonds is 3. The van der Waals surface area contributed by atoms with Crippen molar-refractivity contribution in [3.8, 4) is 0 Å². The molecule has 3 atom stereocenters. The maximum Gasteiger partial charge on any atom is 0.307 e. The Balaban J connectivity index is 2.50. The molecule has 82 valence electrons. The lowest BCUT2D eigenvalue weighted by molar-refractivity contribution is -0.143. The monoisotopic (exact) mass is 200 g/mol. The molecule has 4 nitrogen and oxygen atoms in total. The van der Waals surface area contributed by atoms with E-state index in [1.165, 1.54) is 0 Å². The fourth-order valence-corrected chi connectivity index (χ4v) is 1.93. The van der Waals surface area contributed by atoms with Gasteiger partial charge in [0.2, 0.25) is 0 Å². The van der Waals surface area contributed by atoms with Crippen LogP contribution in [0.15, 0.2) is 0 Å². The molecule has 0 spiro atoms. The molecule has 0 bridgehead atoms. The Bertz CT molecular complexity index is 208. The fraction of sp³-hybridized carbons (Fsp3) is 0.900. The zero-order chi connectivity index (χ0) is 10.7. The molecular formula is C10H20N2O2. The first-order valence-corrected chi connectivity index (χ1v) is 5.24. The number of piperidine rings is 1. The number of nitrogens with two attached hydrogens (primary N) is 1. The van der Waals surface area contributed by atoms with Crippen molar-refractivity contribution in [3.05, 3.63) is 0 Å². The molecule has 3 unspecified atom stereocenters. The third-order valence-electron chi connectivity index (χ3n) is 3.18. The molecule has 0 radical (unpaired) electrons. The smallest absolute Gasteiger partial charge is 0.307 e. The van der Waals surface area contributed by atoms with Crippen LogP contribution >= 0.6 is 0 Å². The summed E-state index contributed by atoms with van der Waals surface area (Å²) < 4.78 is 0. The molecular weight excluding hydrogens is 180 g/mol. The van der Waals surface area contributed by atoms with E-state index in [2.05, 4.69) is 4.90 Å². The van der Waals surface area contributed by atoms with Gasteiger partial charge in [-0.3, -0.25) is 9.69 Å². The van der Waals surface area contributed by atoms with Crippen molar-refractivity contribution in [2.75, 3.05) is 13.1 Å². The number of hydrogen-bond donors (Lipinski definition) is 2. The Kier molecular flexibility index (Phi) is 3.89. The third kappa shape index (κ3) is 2.69. The highest BCUT2D eigenvalue weighted by Gasteiger charge is 2.28. The zero-order valence-corrected chi connectivity index (χ0v) is 8.94. The largest absolute Gasteiger partial charge is 0.481 e. The summed E-state index contributed by atoms with van der Waals surface area (Å²) in [7, 11) is 0. The molecule has 0 saturated carbocycles. The van der Waals surface area contributed by atoms with Gasteiger partial charge in [0, 0.05) is 18.6 Å². The summed E-state index contributed by atoms with van der Waals surface area (Å²) in [4.78, 5) is 13.0. The van der Waals surface area contributed by atoms with Crippen LogP contribution < -0.4 is 5.73 Å². The van der Waals surface area contributed by atoms with Gasteiger partial charge in [0.25, 0.3) is 0 Å². The highest BCUT2D eigenvalue weighted by Crippen LogP contribution is 2.16. The van der Waals surface area contributed by atoms with E-state index in [0.29, 0.717) is 0 Å². The second-order valence-electron chi connectivity index (χ2n) is 4.26. The lowest BCUT2D eigenvalue weighted by Gasteiger charge is -2.36. The average Bonchev–Trinajstić information content (AvgIpc) is 2.15. The van der Waals surface area contributed by atoms with E-state index in [1.54, 1.807) is 6.92 Å². The van der Waals surface area contributed by atoms with Gasteiger partial charge < -0.3 is 10.8 Å². The minimum atomic E-state index is -0.725. The molecule has 0 aromatic rings. The summed E-state index contributed by atoms with van der Waals surface area (Å²) in [6.45, 7) is 5.54. The SMILES string of the molecule is CC(C(=O)O)C(C)N1CCCC(N)C1. The predicted molar refractivity (Wildman–Crippen MR) is 55.0 cm³/mol. The Morgan fingerprint density at radius 3 is 2.71 bits per heavy atom. The third-order valence-corrected chi connectivity index (χ3v) is 3.18. The van der Waals surface area contributed by atoms with Crippen molar-refractivity contribution >= 4 is 5.97 Å². The zero-order valence-electron chi connectivity index (χ0n) is 8.94. The molecule has 1 rings (SSSR count). The van der Waals surface area contributed by atoms with Gasteiger partial charge in [-0.1, -0.05) is 6.92 Å². The van der Waals surface area contributed by atoms with E-state index < -0.39 is 5.97 Å². The van der Waals surface area contributed by atoms with Gasteiger partial charge in [0.05, 0.1) is 5.92 Å². The highest BCUT2D eigenvalue weighted by atomic mass is 16.4. The highest BCUT2D eigenvalue weighted by molar-refractivity contribution is 5.70. The number of hydrogen-bond acceptors (Lipinski definition) is 3. The van der Waals surface area contributed by atoms with Crippen LogP contribution in [0, 0.1) is 5.92 Å². The number of carbonyl (C=O) groups is 1. The topological polar surface area (TPSA) is 66.6 Å². The Morgan fingerprint density at radius 2 is 2.21 bits per heavy atom. The predicted octanol–water partition coefficient (Wildman–Crippen LogP) is 0.519. The van der Waals surface area contributed by atoms with Crippen molar-refractivity contribution in [3.63, 3.8) is 0 Å². The van der Waals surface area contributed by atoms with Crippen LogP contribution in [0.1, 0.15) is 26.7 Å². The summed E-state index contributed by atoms with van der Waals surface area (Å²) in [5.41, 5.74) is 5.85. The first-order valence-electron chi connectivity index (χ1n) is 5.24. The Labute approximate surface area is 85.1 Å². The molecule has 0 aliphatic carbocycles. The van der Waals surface area contributed by atoms with Crippen LogP contribution in [0.2, 0.25) is 0 Å². The van der Waals surface area contributed by atoms with Crippen LogP contribution in [0.3, 0.4) is 0 Å².